The highest BCUT2D eigenvalue weighted by Crippen LogP contribution is 2.38. The summed E-state index contributed by atoms with van der Waals surface area (Å²) in [5, 5.41) is 4.86. The van der Waals surface area contributed by atoms with Crippen LogP contribution in [-0.4, -0.2) is 24.7 Å². The largest absolute Gasteiger partial charge is 0.473 e. The molecule has 0 saturated carbocycles. The normalized spacial score (nSPS) is 12.6. The third kappa shape index (κ3) is 9.54. The van der Waals surface area contributed by atoms with E-state index in [0.717, 1.165) is 28.3 Å². The second-order valence-corrected chi connectivity index (χ2v) is 12.9. The number of hydrogen-bond acceptors (Lipinski definition) is 7. The molecule has 0 heterocycles. The molecule has 56 heavy (non-hydrogen) atoms. The fraction of sp³-hybridized carbons (Fsp3) is 0.140. The number of anilines is 2. The topological polar surface area (TPSA) is 87.3 Å². The monoisotopic (exact) mass is 770 g/mol. The van der Waals surface area contributed by atoms with Crippen molar-refractivity contribution >= 4 is 17.3 Å². The quantitative estimate of drug-likeness (QED) is 0.0794. The van der Waals surface area contributed by atoms with Crippen LogP contribution in [0.5, 0.6) is 40.2 Å². The van der Waals surface area contributed by atoms with Crippen LogP contribution in [0.3, 0.4) is 0 Å². The van der Waals surface area contributed by atoms with E-state index in [9.17, 15) is 26.9 Å². The minimum Gasteiger partial charge on any atom is -0.473 e. The first kappa shape index (κ1) is 39.1. The molecule has 0 bridgehead atoms. The Hall–Kier alpha value is -6.60. The Balaban J connectivity index is 0.968. The maximum Gasteiger partial charge on any atom is 0.461 e. The Morgan fingerprint density at radius 3 is 1.32 bits per heavy atom. The van der Waals surface area contributed by atoms with Gasteiger partial charge in [0.05, 0.1) is 0 Å². The number of benzene rings is 6. The Morgan fingerprint density at radius 2 is 0.893 bits per heavy atom. The van der Waals surface area contributed by atoms with Gasteiger partial charge in [-0.2, -0.15) is 17.6 Å². The average molecular weight is 771 g/mol. The van der Waals surface area contributed by atoms with Crippen LogP contribution >= 0.6 is 0 Å². The van der Waals surface area contributed by atoms with Gasteiger partial charge in [0.15, 0.2) is 6.73 Å². The molecule has 1 unspecified atom stereocenters. The Labute approximate surface area is 319 Å². The molecule has 0 spiro atoms. The maximum atomic E-state index is 13.7. The number of amides is 1. The lowest BCUT2D eigenvalue weighted by Crippen LogP contribution is -2.51. The minimum atomic E-state index is -5.92. The number of ether oxygens (including phenoxy) is 4. The molecule has 6 aromatic carbocycles. The predicted molar refractivity (Wildman–Crippen MR) is 201 cm³/mol. The highest BCUT2D eigenvalue weighted by molar-refractivity contribution is 5.96. The van der Waals surface area contributed by atoms with Crippen molar-refractivity contribution in [3.8, 4) is 40.2 Å². The third-order valence-electron chi connectivity index (χ3n) is 8.67. The summed E-state index contributed by atoms with van der Waals surface area (Å²) in [4.78, 5) is 14.0. The summed E-state index contributed by atoms with van der Waals surface area (Å²) in [6.07, 6.45) is -5.92. The summed E-state index contributed by atoms with van der Waals surface area (Å²) in [5.74, 6) is -3.25. The highest BCUT2D eigenvalue weighted by atomic mass is 19.4. The van der Waals surface area contributed by atoms with Gasteiger partial charge in [0, 0.05) is 16.8 Å². The van der Waals surface area contributed by atoms with Crippen LogP contribution in [0.2, 0.25) is 0 Å². The van der Waals surface area contributed by atoms with Crippen LogP contribution in [0.15, 0.2) is 152 Å². The van der Waals surface area contributed by atoms with Gasteiger partial charge in [-0.1, -0.05) is 56.3 Å². The predicted octanol–water partition coefficient (Wildman–Crippen LogP) is 11.9. The zero-order valence-corrected chi connectivity index (χ0v) is 30.0. The molecule has 8 nitrogen and oxygen atoms in total. The number of halogens is 5. The standard InChI is InChI=1S/C43H35F5N2O6/c1-41(2,30-10-18-36(19-11-30)55-38-22-14-32(15-23-38)50-40(51)42(44,56-48)43(45,46)47)29-8-16-35(17-9-29)54-37-20-12-31(13-21-37)49-28-52-33-24-26-39(27-25-33)53-34-6-4-3-5-7-34/h3-27,49H,28H2,1-2H3,(H,50,51). The van der Waals surface area contributed by atoms with Crippen molar-refractivity contribution in [2.24, 2.45) is 0 Å². The van der Waals surface area contributed by atoms with E-state index < -0.39 is 23.4 Å². The lowest BCUT2D eigenvalue weighted by atomic mass is 9.78. The lowest BCUT2D eigenvalue weighted by Gasteiger charge is -2.26. The Kier molecular flexibility index (Phi) is 11.7. The van der Waals surface area contributed by atoms with Crippen molar-refractivity contribution in [2.75, 3.05) is 17.4 Å². The zero-order valence-electron chi connectivity index (χ0n) is 30.0. The summed E-state index contributed by atoms with van der Waals surface area (Å²) in [5.41, 5.74) is 2.27. The molecule has 6 rings (SSSR count). The number of hydrogen-bond donors (Lipinski definition) is 2. The highest BCUT2D eigenvalue weighted by Gasteiger charge is 2.65. The third-order valence-corrected chi connectivity index (χ3v) is 8.67. The van der Waals surface area contributed by atoms with Gasteiger partial charge in [-0.25, -0.2) is 0 Å². The average Bonchev–Trinajstić information content (AvgIpc) is 3.20. The molecular weight excluding hydrogens is 735 g/mol. The molecular formula is C43H35F5N2O6. The summed E-state index contributed by atoms with van der Waals surface area (Å²) in [6, 6.07) is 44.6. The van der Waals surface area contributed by atoms with Gasteiger partial charge in [-0.15, -0.1) is 4.94 Å². The molecule has 0 aliphatic carbocycles. The van der Waals surface area contributed by atoms with Gasteiger partial charge < -0.3 is 29.6 Å². The van der Waals surface area contributed by atoms with Crippen LogP contribution in [0, 0.1) is 0 Å². The van der Waals surface area contributed by atoms with E-state index in [1.165, 1.54) is 24.3 Å². The van der Waals surface area contributed by atoms with E-state index in [-0.39, 0.29) is 18.2 Å². The van der Waals surface area contributed by atoms with Gasteiger partial charge in [0.1, 0.15) is 40.2 Å². The van der Waals surface area contributed by atoms with Crippen LogP contribution in [0.25, 0.3) is 0 Å². The molecule has 13 heteroatoms. The van der Waals surface area contributed by atoms with E-state index in [4.69, 9.17) is 18.9 Å². The van der Waals surface area contributed by atoms with Crippen molar-refractivity contribution < 1.29 is 50.8 Å². The van der Waals surface area contributed by atoms with E-state index in [0.29, 0.717) is 23.0 Å². The second kappa shape index (κ2) is 16.8. The number of nitrogens with one attached hydrogen (secondary N) is 2. The molecule has 0 aromatic heterocycles. The smallest absolute Gasteiger partial charge is 0.461 e. The fourth-order valence-electron chi connectivity index (χ4n) is 5.42. The van der Waals surface area contributed by atoms with Crippen LogP contribution < -0.4 is 29.6 Å². The molecule has 0 aliphatic heterocycles. The number of carbonyl (C=O) groups excluding carboxylic acids is 1. The van der Waals surface area contributed by atoms with Crippen LogP contribution in [0.1, 0.15) is 25.0 Å². The van der Waals surface area contributed by atoms with Crippen molar-refractivity contribution in [2.45, 2.75) is 31.3 Å². The van der Waals surface area contributed by atoms with Crippen LogP contribution in [-0.2, 0) is 15.2 Å². The molecule has 0 fully saturated rings. The van der Waals surface area contributed by atoms with Crippen molar-refractivity contribution in [1.29, 1.82) is 0 Å². The van der Waals surface area contributed by atoms with Gasteiger partial charge >= 0.3 is 17.9 Å². The van der Waals surface area contributed by atoms with E-state index in [1.807, 2.05) is 115 Å². The molecule has 2 N–H and O–H groups in total. The summed E-state index contributed by atoms with van der Waals surface area (Å²) in [6.45, 7) is 4.43. The second-order valence-electron chi connectivity index (χ2n) is 12.9. The van der Waals surface area contributed by atoms with Gasteiger partial charge in [-0.3, -0.25) is 4.79 Å². The molecule has 0 radical (unpaired) electrons. The first-order valence-electron chi connectivity index (χ1n) is 17.2. The number of carbonyl (C=O) groups is 1. The van der Waals surface area contributed by atoms with Gasteiger partial charge in [0.25, 0.3) is 0 Å². The number of alkyl halides is 4. The van der Waals surface area contributed by atoms with Gasteiger partial charge in [0.2, 0.25) is 0 Å². The van der Waals surface area contributed by atoms with E-state index >= 15 is 0 Å². The van der Waals surface area contributed by atoms with Crippen LogP contribution in [0.4, 0.5) is 33.5 Å². The first-order valence-corrected chi connectivity index (χ1v) is 17.2. The van der Waals surface area contributed by atoms with Crippen molar-refractivity contribution in [3.63, 3.8) is 0 Å². The van der Waals surface area contributed by atoms with E-state index in [1.54, 1.807) is 17.4 Å². The minimum absolute atomic E-state index is 0.235. The first-order chi connectivity index (χ1) is 26.8. The number of para-hydroxylation sites is 1. The molecule has 0 saturated heterocycles. The maximum absolute atomic E-state index is 13.7. The summed E-state index contributed by atoms with van der Waals surface area (Å²) >= 11 is 0. The summed E-state index contributed by atoms with van der Waals surface area (Å²) in [7, 11) is 0. The molecule has 1 amide bonds. The molecule has 6 aromatic rings. The summed E-state index contributed by atoms with van der Waals surface area (Å²) < 4.78 is 87.7. The molecule has 288 valence electrons. The lowest BCUT2D eigenvalue weighted by molar-refractivity contribution is -0.379. The Morgan fingerprint density at radius 1 is 0.518 bits per heavy atom. The van der Waals surface area contributed by atoms with Gasteiger partial charge in [-0.05, 0) is 125 Å². The SMILES string of the molecule is CC(C)(c1ccc(Oc2ccc(NCOc3ccc(Oc4ccccc4)cc3)cc2)cc1)c1ccc(Oc2ccc(NC(=O)C(F)(OF)C(F)(F)F)cc2)cc1. The zero-order chi connectivity index (χ0) is 39.8. The Bertz CT molecular complexity index is 2180. The molecule has 0 aliphatic rings. The van der Waals surface area contributed by atoms with Crippen molar-refractivity contribution in [3.05, 3.63) is 163 Å². The molecule has 1 atom stereocenters. The fourth-order valence-corrected chi connectivity index (χ4v) is 5.42. The van der Waals surface area contributed by atoms with E-state index in [2.05, 4.69) is 24.1 Å². The van der Waals surface area contributed by atoms with Crippen molar-refractivity contribution in [1.82, 2.24) is 0 Å². The number of rotatable bonds is 15.